The van der Waals surface area contributed by atoms with Gasteiger partial charge < -0.3 is 55.1 Å². The van der Waals surface area contributed by atoms with Gasteiger partial charge in [0, 0.05) is 12.1 Å². The average molecular weight is 500 g/mol. The average Bonchev–Trinajstić information content (AvgIpc) is 2.95. The number of rotatable bonds is 8. The van der Waals surface area contributed by atoms with Gasteiger partial charge in [-0.3, -0.25) is 19.1 Å². The smallest absolute Gasteiger partial charge is 1.00 e. The standard InChI is InChI=1S/C19H28N2O5.K.32H/c1-5-25-17(23)10-16(22)13-7-8-15-14(9-13)11-21(20-15)12-19(3,4)18(24)26-6-2;;;;;;;;;;;;;;;;;;;;;;;;;;;;;;;;;/h11,13H,5-10,12H2,1-4H3;;;;;;;;;;;;;;;;;;;;;;;;;;;;;;;;;/q;+1;32*-1/i;;32*1+2. The second-order valence-electron chi connectivity index (χ2n) is 7.29. The van der Waals surface area contributed by atoms with Crippen molar-refractivity contribution in [1.29, 1.82) is 0 Å². The van der Waals surface area contributed by atoms with Crippen molar-refractivity contribution in [3.8, 4) is 0 Å². The van der Waals surface area contributed by atoms with Crippen molar-refractivity contribution < 1.29 is 121 Å². The molecule has 0 N–H and O–H groups in total. The molecule has 0 radical (unpaired) electrons. The van der Waals surface area contributed by atoms with Crippen LogP contribution < -0.4 is 51.4 Å². The van der Waals surface area contributed by atoms with Crippen molar-refractivity contribution >= 4 is 17.7 Å². The normalized spacial score (nSPS) is 16.1. The van der Waals surface area contributed by atoms with Crippen LogP contribution in [0.2, 0.25) is 0 Å². The van der Waals surface area contributed by atoms with Crippen LogP contribution in [0.15, 0.2) is 6.20 Å². The first-order chi connectivity index (χ1) is 12.3. The van der Waals surface area contributed by atoms with Gasteiger partial charge in [0.05, 0.1) is 30.9 Å². The Balaban J connectivity index is -0.00000000736. The summed E-state index contributed by atoms with van der Waals surface area (Å²) in [7, 11) is 0. The third kappa shape index (κ3) is 6.78. The Labute approximate surface area is 250 Å². The van der Waals surface area contributed by atoms with E-state index >= 15 is 0 Å². The summed E-state index contributed by atoms with van der Waals surface area (Å²) in [6.45, 7) is 8.22. The molecule has 208 valence electrons. The number of esters is 2. The Morgan fingerprint density at radius 2 is 1.93 bits per heavy atom. The largest absolute Gasteiger partial charge is 1.00 e. The molecule has 1 aromatic heterocycles. The number of Topliss-reactive ketones (excluding diaryl/α,β-unsaturated/α-hetero) is 1. The minimum atomic E-state index is -0.677. The second kappa shape index (κ2) is 10.9. The molecule has 0 spiro atoms. The molecule has 7 nitrogen and oxygen atoms in total. The Morgan fingerprint density at radius 3 is 2.56 bits per heavy atom. The van der Waals surface area contributed by atoms with Crippen molar-refractivity contribution in [3.63, 3.8) is 0 Å². The number of aryl methyl sites for hydroxylation is 1. The third-order valence-corrected chi connectivity index (χ3v) is 4.59. The quantitative estimate of drug-likeness (QED) is 0.310. The van der Waals surface area contributed by atoms with Crippen LogP contribution in [0.3, 0.4) is 0 Å². The van der Waals surface area contributed by atoms with Crippen LogP contribution in [0.4, 0.5) is 0 Å². The van der Waals surface area contributed by atoms with Crippen LogP contribution in [0.25, 0.3) is 0 Å². The fraction of sp³-hybridized carbons (Fsp3) is 0.684. The van der Waals surface area contributed by atoms with Gasteiger partial charge >= 0.3 is 63.3 Å². The van der Waals surface area contributed by atoms with Crippen LogP contribution >= 0.6 is 0 Å². The summed E-state index contributed by atoms with van der Waals surface area (Å²) in [6, 6.07) is 0. The minimum Gasteiger partial charge on any atom is -1.00 e. The molecule has 1 atom stereocenters. The maximum absolute atomic E-state index is 12.3. The van der Waals surface area contributed by atoms with Gasteiger partial charge in [-0.25, -0.2) is 0 Å². The molecule has 2 rings (SSSR count). The molecule has 0 fully saturated rings. The van der Waals surface area contributed by atoms with E-state index < -0.39 is 11.4 Å². The van der Waals surface area contributed by atoms with E-state index in [0.717, 1.165) is 11.3 Å². The fourth-order valence-electron chi connectivity index (χ4n) is 3.21. The molecule has 0 saturated heterocycles. The number of ketones is 1. The fourth-order valence-corrected chi connectivity index (χ4v) is 3.21. The van der Waals surface area contributed by atoms with E-state index in [-0.39, 0.29) is 128 Å². The second-order valence-corrected chi connectivity index (χ2v) is 7.29. The van der Waals surface area contributed by atoms with Crippen LogP contribution in [-0.4, -0.2) is 40.7 Å². The molecule has 0 aliphatic heterocycles. The molecule has 1 aromatic rings. The molecule has 0 bridgehead atoms. The molecule has 1 heterocycles. The van der Waals surface area contributed by atoms with Gasteiger partial charge in [-0.15, -0.1) is 0 Å². The molecule has 0 saturated carbocycles. The number of ether oxygens (including phenoxy) is 2. The first-order valence-electron chi connectivity index (χ1n) is 9.17. The Bertz CT molecular complexity index is 742. The van der Waals surface area contributed by atoms with Gasteiger partial charge in [-0.2, -0.15) is 5.10 Å². The topological polar surface area (TPSA) is 87.5 Å². The Kier molecular flexibility index (Phi) is 9.85. The minimum absolute atomic E-state index is 0. The summed E-state index contributed by atoms with van der Waals surface area (Å²) in [4.78, 5) is 35.9. The van der Waals surface area contributed by atoms with E-state index in [0.29, 0.717) is 32.4 Å². The summed E-state index contributed by atoms with van der Waals surface area (Å²) >= 11 is 0. The number of aromatic nitrogens is 2. The molecule has 1 aliphatic rings. The van der Waals surface area contributed by atoms with E-state index in [9.17, 15) is 14.4 Å². The van der Waals surface area contributed by atoms with Crippen molar-refractivity contribution in [2.24, 2.45) is 11.3 Å². The monoisotopic (exact) mass is 500 g/mol. The van der Waals surface area contributed by atoms with Crippen molar-refractivity contribution in [2.45, 2.75) is 59.9 Å². The number of carbonyl (C=O) groups is 3. The zero-order valence-corrected chi connectivity index (χ0v) is 20.2. The molecule has 0 aromatic carbocycles. The summed E-state index contributed by atoms with van der Waals surface area (Å²) in [6.07, 6.45) is 3.69. The van der Waals surface area contributed by atoms with Gasteiger partial charge in [0.25, 0.3) is 0 Å². The van der Waals surface area contributed by atoms with Gasteiger partial charge in [0.2, 0.25) is 0 Å². The predicted octanol–water partition coefficient (Wildman–Crippen LogP) is 2.70. The molecular formula is C19H60KN2O5-31. The number of nitrogens with zero attached hydrogens (tertiary/aromatic N) is 2. The maximum atomic E-state index is 12.3. The van der Waals surface area contributed by atoms with Crippen LogP contribution in [-0.2, 0) is 43.2 Å². The maximum Gasteiger partial charge on any atom is 1.00 e. The molecular weight excluding hydrogens is 375 g/mol. The third-order valence-electron chi connectivity index (χ3n) is 4.59. The first kappa shape index (κ1) is 24.5. The predicted molar refractivity (Wildman–Crippen MR) is 130 cm³/mol. The molecule has 27 heavy (non-hydrogen) atoms. The van der Waals surface area contributed by atoms with Crippen molar-refractivity contribution in [1.82, 2.24) is 9.78 Å². The summed E-state index contributed by atoms with van der Waals surface area (Å²) in [5.74, 6) is -0.970. The summed E-state index contributed by atoms with van der Waals surface area (Å²) in [5.41, 5.74) is 1.30. The summed E-state index contributed by atoms with van der Waals surface area (Å²) < 4.78 is 11.7. The van der Waals surface area contributed by atoms with Gasteiger partial charge in [0.15, 0.2) is 0 Å². The van der Waals surface area contributed by atoms with E-state index in [1.807, 2.05) is 20.0 Å². The van der Waals surface area contributed by atoms with Crippen LogP contribution in [0, 0.1) is 11.3 Å². The van der Waals surface area contributed by atoms with E-state index in [2.05, 4.69) is 5.10 Å². The summed E-state index contributed by atoms with van der Waals surface area (Å²) in [5, 5.41) is 4.57. The number of carbonyl (C=O) groups excluding carboxylic acids is 3. The van der Waals surface area contributed by atoms with Crippen molar-refractivity contribution in [3.05, 3.63) is 17.5 Å². The van der Waals surface area contributed by atoms with Gasteiger partial charge in [-0.05, 0) is 52.5 Å². The van der Waals surface area contributed by atoms with Crippen molar-refractivity contribution in [2.75, 3.05) is 13.2 Å². The Morgan fingerprint density at radius 1 is 1.26 bits per heavy atom. The SMILES string of the molecule is CCOC(=O)CC(=O)C1CCc2nn(CC(C)(C)C(=O)OCC)cc2C1.[3H-].[3H-].[3H-].[3H-].[3H-].[3H-].[3H-].[3H-].[3H-].[3H-].[3H-].[3H-].[3H-].[3H-].[3H-].[3H-].[3H-].[3H-].[3H-].[3H-].[3H-].[3H-].[3H-].[3H-].[3H-].[3H-].[3H-].[3H-].[3H-].[3H-].[3H-].[3H-].[K+]. The van der Waals surface area contributed by atoms with Crippen LogP contribution in [0.1, 0.15) is 97.4 Å². The number of fused-ring (bicyclic) bond motifs is 1. The van der Waals surface area contributed by atoms with Gasteiger partial charge in [-0.1, -0.05) is 0 Å². The Hall–Kier alpha value is -0.544. The van der Waals surface area contributed by atoms with Gasteiger partial charge in [0.1, 0.15) is 12.2 Å². The molecule has 8 heteroatoms. The van der Waals surface area contributed by atoms with E-state index in [1.54, 1.807) is 18.5 Å². The zero-order chi connectivity index (χ0) is 19.3. The number of hydrogen-bond donors (Lipinski definition) is 0. The van der Waals surface area contributed by atoms with E-state index in [4.69, 9.17) is 9.47 Å². The van der Waals surface area contributed by atoms with Crippen LogP contribution in [0.5, 0.6) is 0 Å². The van der Waals surface area contributed by atoms with E-state index in [1.165, 1.54) is 0 Å². The molecule has 1 unspecified atom stereocenters. The first-order valence-corrected chi connectivity index (χ1v) is 9.17. The zero-order valence-electron chi connectivity index (χ0n) is 49.0. The number of hydrogen-bond acceptors (Lipinski definition) is 6. The molecule has 0 amide bonds. The molecule has 1 aliphatic carbocycles.